The van der Waals surface area contributed by atoms with Gasteiger partial charge in [0.25, 0.3) is 0 Å². The van der Waals surface area contributed by atoms with Gasteiger partial charge in [0.2, 0.25) is 23.6 Å². The topological polar surface area (TPSA) is 202 Å². The fourth-order valence-electron chi connectivity index (χ4n) is 9.50. The van der Waals surface area contributed by atoms with E-state index in [1.165, 1.54) is 19.9 Å². The van der Waals surface area contributed by atoms with E-state index in [4.69, 9.17) is 21.3 Å². The Balaban J connectivity index is 0.000000165. The molecule has 6 saturated heterocycles. The van der Waals surface area contributed by atoms with Crippen molar-refractivity contribution in [1.29, 1.82) is 5.26 Å². The minimum Gasteiger partial charge on any atom is -0.387 e. The van der Waals surface area contributed by atoms with Gasteiger partial charge in [0.05, 0.1) is 53.1 Å². The van der Waals surface area contributed by atoms with Crippen LogP contribution < -0.4 is 9.80 Å². The Bertz CT molecular complexity index is 2040. The number of anilines is 2. The van der Waals surface area contributed by atoms with Crippen molar-refractivity contribution < 1.29 is 62.2 Å². The Labute approximate surface area is 299 Å². The third-order valence-corrected chi connectivity index (χ3v) is 12.2. The minimum atomic E-state index is -4.85. The second-order valence-electron chi connectivity index (χ2n) is 15.1. The van der Waals surface area contributed by atoms with E-state index in [1.54, 1.807) is 39.0 Å². The summed E-state index contributed by atoms with van der Waals surface area (Å²) < 4.78 is 51.3. The van der Waals surface area contributed by atoms with Gasteiger partial charge in [0.15, 0.2) is 5.69 Å². The monoisotopic (exact) mass is 738 g/mol. The van der Waals surface area contributed by atoms with Crippen LogP contribution >= 0.6 is 0 Å². The normalized spacial score (nSPS) is 40.6. The Morgan fingerprint density at radius 3 is 1.40 bits per heavy atom. The molecule has 4 unspecified atom stereocenters. The molecule has 12 atom stereocenters. The van der Waals surface area contributed by atoms with E-state index in [2.05, 4.69) is 4.85 Å². The van der Waals surface area contributed by atoms with Crippen LogP contribution in [0.2, 0.25) is 0 Å². The molecule has 6 aliphatic rings. The van der Waals surface area contributed by atoms with Gasteiger partial charge in [-0.05, 0) is 70.5 Å². The van der Waals surface area contributed by atoms with Crippen molar-refractivity contribution in [2.24, 2.45) is 23.7 Å². The molecule has 0 spiro atoms. The third-order valence-electron chi connectivity index (χ3n) is 12.2. The van der Waals surface area contributed by atoms with Crippen molar-refractivity contribution in [1.82, 2.24) is 0 Å². The maximum Gasteiger partial charge on any atom is 0.417 e. The predicted molar refractivity (Wildman–Crippen MR) is 172 cm³/mol. The molecule has 0 aliphatic carbocycles. The van der Waals surface area contributed by atoms with Crippen molar-refractivity contribution in [3.63, 3.8) is 0 Å². The number of carbonyl (C=O) groups excluding carboxylic acids is 4. The quantitative estimate of drug-likeness (QED) is 0.259. The average molecular weight is 739 g/mol. The molecule has 4 N–H and O–H groups in total. The average Bonchev–Trinajstić information content (AvgIpc) is 3.80. The molecule has 0 radical (unpaired) electrons. The summed E-state index contributed by atoms with van der Waals surface area (Å²) >= 11 is 0. The number of fused-ring (bicyclic) bond motifs is 10. The molecular weight excluding hydrogens is 705 g/mol. The molecule has 278 valence electrons. The molecule has 4 amide bonds. The second-order valence-corrected chi connectivity index (χ2v) is 15.1. The minimum absolute atomic E-state index is 0.327. The molecule has 2 aromatic carbocycles. The van der Waals surface area contributed by atoms with Crippen LogP contribution in [0.15, 0.2) is 36.4 Å². The lowest BCUT2D eigenvalue weighted by Crippen LogP contribution is -2.57. The number of hydrogen-bond acceptors (Lipinski definition) is 11. The zero-order chi connectivity index (χ0) is 39.1. The van der Waals surface area contributed by atoms with Crippen molar-refractivity contribution >= 4 is 40.7 Å². The molecule has 17 heteroatoms. The number of alkyl halides is 3. The van der Waals surface area contributed by atoms with Gasteiger partial charge < -0.3 is 29.9 Å². The van der Waals surface area contributed by atoms with Gasteiger partial charge in [-0.15, -0.1) is 0 Å². The van der Waals surface area contributed by atoms with E-state index in [9.17, 15) is 52.8 Å². The summed E-state index contributed by atoms with van der Waals surface area (Å²) in [6.07, 6.45) is -10.2. The van der Waals surface area contributed by atoms with Crippen molar-refractivity contribution in [2.75, 3.05) is 9.80 Å². The molecule has 6 aliphatic heterocycles. The zero-order valence-electron chi connectivity index (χ0n) is 28.7. The second kappa shape index (κ2) is 11.1. The molecule has 6 fully saturated rings. The van der Waals surface area contributed by atoms with E-state index in [-0.39, 0.29) is 5.69 Å². The number of carbonyl (C=O) groups is 4. The Morgan fingerprint density at radius 1 is 0.717 bits per heavy atom. The number of rotatable bonds is 2. The highest BCUT2D eigenvalue weighted by atomic mass is 19.4. The maximum atomic E-state index is 13.3. The summed E-state index contributed by atoms with van der Waals surface area (Å²) in [6, 6.07) is 8.77. The molecular formula is C36H33F3N4O10. The van der Waals surface area contributed by atoms with Crippen LogP contribution in [-0.2, 0) is 34.8 Å². The smallest absolute Gasteiger partial charge is 0.387 e. The van der Waals surface area contributed by atoms with Gasteiger partial charge in [-0.2, -0.15) is 18.4 Å². The van der Waals surface area contributed by atoms with E-state index < -0.39 is 111 Å². The molecule has 0 saturated carbocycles. The SMILES string of the molecule is CC12OC(C)([C@H](O)[C@H]1O)[C@H]1C(=O)N(c3ccc(C#N)c(C(F)(F)F)c3)C(=O)[C@H]12.[C-]#[N+]c1ccc(N2C(=O)[C@@H]3[C@H](C2=O)C2(C)OC3(C)[C@@H](O)[C@@H]2O)cc1C. The molecule has 14 nitrogen and oxygen atoms in total. The number of aryl methyl sites for hydroxylation is 1. The van der Waals surface area contributed by atoms with Crippen LogP contribution in [0.4, 0.5) is 30.2 Å². The van der Waals surface area contributed by atoms with Crippen molar-refractivity contribution in [3.05, 3.63) is 64.5 Å². The van der Waals surface area contributed by atoms with Crippen LogP contribution in [0.1, 0.15) is 44.4 Å². The molecule has 53 heavy (non-hydrogen) atoms. The fraction of sp³-hybridized carbons (Fsp3) is 0.500. The number of aliphatic hydroxyl groups is 4. The number of halogens is 3. The summed E-state index contributed by atoms with van der Waals surface area (Å²) in [5.74, 6) is -6.49. The van der Waals surface area contributed by atoms with Gasteiger partial charge in [-0.25, -0.2) is 14.6 Å². The number of ether oxygens (including phenoxy) is 2. The zero-order valence-corrected chi connectivity index (χ0v) is 28.7. The third kappa shape index (κ3) is 4.46. The number of nitrogens with zero attached hydrogens (tertiary/aromatic N) is 4. The van der Waals surface area contributed by atoms with Crippen molar-refractivity contribution in [3.8, 4) is 6.07 Å². The van der Waals surface area contributed by atoms with Crippen LogP contribution in [0.3, 0.4) is 0 Å². The number of imide groups is 2. The summed E-state index contributed by atoms with van der Waals surface area (Å²) in [4.78, 5) is 57.1. The van der Waals surface area contributed by atoms with E-state index >= 15 is 0 Å². The van der Waals surface area contributed by atoms with Gasteiger partial charge in [-0.3, -0.25) is 19.2 Å². The first-order valence-electron chi connectivity index (χ1n) is 16.5. The largest absolute Gasteiger partial charge is 0.417 e. The fourth-order valence-corrected chi connectivity index (χ4v) is 9.50. The highest BCUT2D eigenvalue weighted by molar-refractivity contribution is 6.24. The first-order valence-corrected chi connectivity index (χ1v) is 16.5. The first kappa shape index (κ1) is 36.6. The number of nitriles is 1. The van der Waals surface area contributed by atoms with E-state index in [0.717, 1.165) is 17.0 Å². The Morgan fingerprint density at radius 2 is 1.08 bits per heavy atom. The highest BCUT2D eigenvalue weighted by Gasteiger charge is 2.80. The van der Waals surface area contributed by atoms with Gasteiger partial charge in [0, 0.05) is 5.69 Å². The summed E-state index contributed by atoms with van der Waals surface area (Å²) in [7, 11) is 0. The van der Waals surface area contributed by atoms with Crippen LogP contribution in [0, 0.1) is 48.5 Å². The predicted octanol–water partition coefficient (Wildman–Crippen LogP) is 1.90. The lowest BCUT2D eigenvalue weighted by atomic mass is 9.66. The maximum absolute atomic E-state index is 13.3. The Kier molecular flexibility index (Phi) is 7.69. The van der Waals surface area contributed by atoms with Gasteiger partial charge >= 0.3 is 6.18 Å². The number of benzene rings is 2. The summed E-state index contributed by atoms with van der Waals surface area (Å²) in [6.45, 7) is 14.8. The summed E-state index contributed by atoms with van der Waals surface area (Å²) in [5, 5.41) is 50.2. The standard InChI is InChI=1S/C18H15F3N2O5.C18H18N2O5/c1-16-10-11(17(2,28-16)13(25)12(16)24)15(27)23(14(10)26)8-4-3-7(6-22)9(5-8)18(19,20)21;1-8-7-9(5-6-10(8)19-4)20-15(23)11-12(16(20)24)18(3)14(22)13(21)17(11,2)25-18/h3-5,10-13,24-25H,1-2H3;5-7,11-14,21-22H,1-3H3/t10-,11+,12-,13-,16?,17?;11-,12+,13-,14-,17?,18?/m10/s1. The first-order chi connectivity index (χ1) is 24.5. The lowest BCUT2D eigenvalue weighted by molar-refractivity contribution is -0.138. The van der Waals surface area contributed by atoms with Crippen LogP contribution in [0.5, 0.6) is 0 Å². The van der Waals surface area contributed by atoms with Gasteiger partial charge in [0.1, 0.15) is 46.8 Å². The molecule has 8 rings (SSSR count). The highest BCUT2D eigenvalue weighted by Crippen LogP contribution is 2.62. The van der Waals surface area contributed by atoms with E-state index in [0.29, 0.717) is 27.9 Å². The van der Waals surface area contributed by atoms with Crippen molar-refractivity contribution in [2.45, 2.75) is 87.6 Å². The molecule has 6 heterocycles. The van der Waals surface area contributed by atoms with E-state index in [1.807, 2.05) is 0 Å². The van der Waals surface area contributed by atoms with Crippen LogP contribution in [-0.4, -0.2) is 90.9 Å². The van der Waals surface area contributed by atoms with Crippen LogP contribution in [0.25, 0.3) is 4.85 Å². The number of hydrogen-bond donors (Lipinski definition) is 4. The molecule has 2 aromatic rings. The number of amides is 4. The van der Waals surface area contributed by atoms with Gasteiger partial charge in [-0.1, -0.05) is 6.07 Å². The number of aliphatic hydroxyl groups excluding tert-OH is 4. The Hall–Kier alpha value is -4.75. The molecule has 4 bridgehead atoms. The molecule has 0 aromatic heterocycles. The lowest BCUT2D eigenvalue weighted by Gasteiger charge is -2.35. The summed E-state index contributed by atoms with van der Waals surface area (Å²) in [5.41, 5.74) is -6.39.